The molecule has 1 aliphatic heterocycles. The van der Waals surface area contributed by atoms with E-state index in [1.165, 1.54) is 32.1 Å². The summed E-state index contributed by atoms with van der Waals surface area (Å²) in [4.78, 5) is 20.2. The first-order valence-corrected chi connectivity index (χ1v) is 12.2. The molecule has 5 nitrogen and oxygen atoms in total. The molecule has 1 heterocycles. The van der Waals surface area contributed by atoms with Gasteiger partial charge < -0.3 is 14.9 Å². The van der Waals surface area contributed by atoms with Crippen LogP contribution in [0.2, 0.25) is 0 Å². The number of aliphatic hydroxyl groups is 1. The van der Waals surface area contributed by atoms with E-state index in [2.05, 4.69) is 50.7 Å². The Bertz CT molecular complexity index is 566. The molecule has 0 aromatic carbocycles. The van der Waals surface area contributed by atoms with Gasteiger partial charge in [-0.05, 0) is 49.0 Å². The molecule has 2 N–H and O–H groups in total. The quantitative estimate of drug-likeness (QED) is 0.515. The average Bonchev–Trinajstić information content (AvgIpc) is 2.74. The van der Waals surface area contributed by atoms with Gasteiger partial charge in [-0.3, -0.25) is 9.59 Å². The van der Waals surface area contributed by atoms with Crippen LogP contribution in [0.15, 0.2) is 23.8 Å². The molecule has 31 heavy (non-hydrogen) atoms. The zero-order chi connectivity index (χ0) is 23.8. The van der Waals surface area contributed by atoms with E-state index in [-0.39, 0.29) is 18.3 Å². The first-order chi connectivity index (χ1) is 14.7. The number of ether oxygens (including phenoxy) is 1. The molecule has 5 atom stereocenters. The highest BCUT2D eigenvalue weighted by molar-refractivity contribution is 5.70. The number of carbonyl (C=O) groups excluding carboxylic acids is 1. The monoisotopic (exact) mass is 438 g/mol. The van der Waals surface area contributed by atoms with Crippen molar-refractivity contribution in [2.45, 2.75) is 99.0 Å². The molecule has 3 aliphatic rings. The maximum absolute atomic E-state index is 10.3. The van der Waals surface area contributed by atoms with Crippen LogP contribution >= 0.6 is 0 Å². The van der Waals surface area contributed by atoms with E-state index >= 15 is 0 Å². The number of hydrogen-bond donors (Lipinski definition) is 2. The first-order valence-electron chi connectivity index (χ1n) is 12.2. The van der Waals surface area contributed by atoms with Crippen molar-refractivity contribution in [3.05, 3.63) is 23.8 Å². The van der Waals surface area contributed by atoms with Crippen LogP contribution in [0.5, 0.6) is 0 Å². The lowest BCUT2D eigenvalue weighted by molar-refractivity contribution is -0.151. The van der Waals surface area contributed by atoms with Gasteiger partial charge in [-0.15, -0.1) is 0 Å². The number of carboxylic acid groups (broad SMARTS) is 1. The maximum atomic E-state index is 10.3. The summed E-state index contributed by atoms with van der Waals surface area (Å²) in [6.07, 6.45) is 15.0. The lowest BCUT2D eigenvalue weighted by atomic mass is 9.69. The minimum atomic E-state index is -0.706. The van der Waals surface area contributed by atoms with Gasteiger partial charge in [0.1, 0.15) is 0 Å². The number of rotatable bonds is 3. The summed E-state index contributed by atoms with van der Waals surface area (Å²) in [6, 6.07) is 0. The maximum Gasteiger partial charge on any atom is 0.308 e. The lowest BCUT2D eigenvalue weighted by Gasteiger charge is -2.36. The van der Waals surface area contributed by atoms with Crippen LogP contribution in [-0.4, -0.2) is 34.9 Å². The summed E-state index contributed by atoms with van der Waals surface area (Å²) in [7, 11) is 0. The summed E-state index contributed by atoms with van der Waals surface area (Å²) < 4.78 is 4.55. The van der Waals surface area contributed by atoms with Gasteiger partial charge in [0.05, 0.1) is 25.0 Å². The lowest BCUT2D eigenvalue weighted by Crippen LogP contribution is -2.26. The number of hydrogen-bond acceptors (Lipinski definition) is 4. The van der Waals surface area contributed by atoms with E-state index in [0.29, 0.717) is 13.0 Å². The zero-order valence-electron chi connectivity index (χ0n) is 20.6. The van der Waals surface area contributed by atoms with Crippen molar-refractivity contribution < 1.29 is 24.5 Å². The van der Waals surface area contributed by atoms with Crippen molar-refractivity contribution in [3.63, 3.8) is 0 Å². The summed E-state index contributed by atoms with van der Waals surface area (Å²) in [5.74, 6) is 1.42. The van der Waals surface area contributed by atoms with Crippen LogP contribution < -0.4 is 0 Å². The standard InChI is InChI=1S/C13H20.C5H8O3.C5H10O2.C3H8/c1-3-12-10(2)8-9-11-6-4-5-7-13(11)12;6-4-1-2-8-5(7)3-4;1-3-4(2)5(6)7;1-3-2/h6,8-10,12-13H,3-5,7H2,1-2H3;4,6H,1-3H2;4H,3H2,1-2H3,(H,6,7);3H2,1-2H3. The van der Waals surface area contributed by atoms with E-state index in [1.807, 2.05) is 6.92 Å². The van der Waals surface area contributed by atoms with Crippen molar-refractivity contribution >= 4 is 11.9 Å². The molecule has 0 saturated carbocycles. The fourth-order valence-electron chi connectivity index (χ4n) is 3.84. The third-order valence-corrected chi connectivity index (χ3v) is 5.93. The van der Waals surface area contributed by atoms with Gasteiger partial charge >= 0.3 is 11.9 Å². The number of esters is 1. The van der Waals surface area contributed by atoms with Crippen LogP contribution in [0.25, 0.3) is 0 Å². The Kier molecular flexibility index (Phi) is 16.1. The van der Waals surface area contributed by atoms with E-state index in [0.717, 1.165) is 24.2 Å². The van der Waals surface area contributed by atoms with E-state index in [9.17, 15) is 9.59 Å². The Hall–Kier alpha value is -1.62. The second kappa shape index (κ2) is 17.0. The number of carbonyl (C=O) groups is 2. The van der Waals surface area contributed by atoms with Crippen LogP contribution in [0, 0.1) is 23.7 Å². The highest BCUT2D eigenvalue weighted by atomic mass is 16.5. The van der Waals surface area contributed by atoms with Gasteiger partial charge in [-0.1, -0.05) is 72.6 Å². The summed E-state index contributed by atoms with van der Waals surface area (Å²) >= 11 is 0. The van der Waals surface area contributed by atoms with Crippen molar-refractivity contribution in [2.24, 2.45) is 23.7 Å². The third kappa shape index (κ3) is 12.1. The molecule has 0 aromatic rings. The van der Waals surface area contributed by atoms with Gasteiger partial charge in [0.2, 0.25) is 0 Å². The van der Waals surface area contributed by atoms with Crippen molar-refractivity contribution in [1.29, 1.82) is 0 Å². The van der Waals surface area contributed by atoms with E-state index in [1.54, 1.807) is 12.5 Å². The minimum Gasteiger partial charge on any atom is -0.481 e. The van der Waals surface area contributed by atoms with Crippen molar-refractivity contribution in [3.8, 4) is 0 Å². The number of fused-ring (bicyclic) bond motifs is 1. The predicted octanol–water partition coefficient (Wildman–Crippen LogP) is 6.16. The molecule has 0 radical (unpaired) electrons. The van der Waals surface area contributed by atoms with Crippen LogP contribution in [-0.2, 0) is 14.3 Å². The Morgan fingerprint density at radius 3 is 2.29 bits per heavy atom. The van der Waals surface area contributed by atoms with E-state index < -0.39 is 12.1 Å². The molecule has 5 heteroatoms. The van der Waals surface area contributed by atoms with Crippen LogP contribution in [0.3, 0.4) is 0 Å². The Morgan fingerprint density at radius 1 is 1.23 bits per heavy atom. The zero-order valence-corrected chi connectivity index (χ0v) is 20.6. The van der Waals surface area contributed by atoms with E-state index in [4.69, 9.17) is 10.2 Å². The van der Waals surface area contributed by atoms with Gasteiger partial charge in [0.25, 0.3) is 0 Å². The highest BCUT2D eigenvalue weighted by Crippen LogP contribution is 2.41. The molecule has 0 bridgehead atoms. The summed E-state index contributed by atoms with van der Waals surface area (Å²) in [5, 5.41) is 17.0. The van der Waals surface area contributed by atoms with Crippen molar-refractivity contribution in [2.75, 3.05) is 6.61 Å². The minimum absolute atomic E-state index is 0.167. The molecule has 0 spiro atoms. The van der Waals surface area contributed by atoms with Crippen LogP contribution in [0.4, 0.5) is 0 Å². The Balaban J connectivity index is 0.000000434. The second-order valence-corrected chi connectivity index (χ2v) is 8.75. The smallest absolute Gasteiger partial charge is 0.308 e. The number of aliphatic carboxylic acids is 1. The third-order valence-electron chi connectivity index (χ3n) is 5.93. The molecule has 5 unspecified atom stereocenters. The largest absolute Gasteiger partial charge is 0.481 e. The Morgan fingerprint density at radius 2 is 1.87 bits per heavy atom. The molecule has 180 valence electrons. The van der Waals surface area contributed by atoms with Gasteiger partial charge in [-0.25, -0.2) is 0 Å². The number of aliphatic hydroxyl groups excluding tert-OH is 1. The molecule has 0 amide bonds. The topological polar surface area (TPSA) is 83.8 Å². The molecule has 2 aliphatic carbocycles. The molecule has 1 saturated heterocycles. The molecular formula is C26H46O5. The molecule has 1 fully saturated rings. The fraction of sp³-hybridized carbons (Fsp3) is 0.769. The second-order valence-electron chi connectivity index (χ2n) is 8.75. The number of carboxylic acids is 1. The average molecular weight is 439 g/mol. The van der Waals surface area contributed by atoms with Gasteiger partial charge in [-0.2, -0.15) is 0 Å². The Labute approximate surface area is 190 Å². The number of allylic oxidation sites excluding steroid dienone is 4. The SMILES string of the molecule is CCC.CCC(C)C(=O)O.CCC1C(C)C=CC2=CCCCC21.O=C1CC(O)CCO1. The molecule has 0 aromatic heterocycles. The summed E-state index contributed by atoms with van der Waals surface area (Å²) in [6.45, 7) is 12.9. The van der Waals surface area contributed by atoms with Gasteiger partial charge in [0.15, 0.2) is 0 Å². The normalized spacial score (nSPS) is 27.3. The summed E-state index contributed by atoms with van der Waals surface area (Å²) in [5.41, 5.74) is 1.64. The van der Waals surface area contributed by atoms with Crippen LogP contribution in [0.1, 0.15) is 92.9 Å². The van der Waals surface area contributed by atoms with Crippen molar-refractivity contribution in [1.82, 2.24) is 0 Å². The molecular weight excluding hydrogens is 392 g/mol. The van der Waals surface area contributed by atoms with Gasteiger partial charge in [0, 0.05) is 6.42 Å². The number of cyclic esters (lactones) is 1. The first kappa shape index (κ1) is 29.4. The predicted molar refractivity (Wildman–Crippen MR) is 127 cm³/mol. The highest BCUT2D eigenvalue weighted by Gasteiger charge is 2.30. The fourth-order valence-corrected chi connectivity index (χ4v) is 3.84. The molecule has 3 rings (SSSR count).